The Morgan fingerprint density at radius 3 is 2.85 bits per heavy atom. The summed E-state index contributed by atoms with van der Waals surface area (Å²) in [7, 11) is 0. The largest absolute Gasteiger partial charge is 0.467 e. The van der Waals surface area contributed by atoms with Crippen molar-refractivity contribution < 1.29 is 9.21 Å². The Bertz CT molecular complexity index is 436. The second-order valence-corrected chi connectivity index (χ2v) is 5.74. The molecule has 3 rings (SSSR count). The average Bonchev–Trinajstić information content (AvgIpc) is 3.21. The van der Waals surface area contributed by atoms with Gasteiger partial charge < -0.3 is 14.6 Å². The number of rotatable bonds is 5. The normalized spacial score (nSPS) is 21.6. The molecule has 1 saturated carbocycles. The summed E-state index contributed by atoms with van der Waals surface area (Å²) in [5.74, 6) is 1.11. The van der Waals surface area contributed by atoms with E-state index in [1.807, 2.05) is 24.0 Å². The van der Waals surface area contributed by atoms with E-state index >= 15 is 0 Å². The highest BCUT2D eigenvalue weighted by Gasteiger charge is 2.36. The van der Waals surface area contributed by atoms with Crippen molar-refractivity contribution in [2.24, 2.45) is 0 Å². The minimum atomic E-state index is -0.0346. The molecular weight excluding hydrogens is 254 g/mol. The SMILES string of the molecule is CC(C(=O)N(Cc1ccco1)C1CC1)N1CCNCC1. The molecule has 20 heavy (non-hydrogen) atoms. The Hall–Kier alpha value is -1.33. The van der Waals surface area contributed by atoms with Crippen molar-refractivity contribution in [3.8, 4) is 0 Å². The van der Waals surface area contributed by atoms with Crippen LogP contribution in [-0.4, -0.2) is 54.0 Å². The average molecular weight is 277 g/mol. The van der Waals surface area contributed by atoms with Gasteiger partial charge in [0.05, 0.1) is 18.8 Å². The number of nitrogens with one attached hydrogen (secondary N) is 1. The summed E-state index contributed by atoms with van der Waals surface area (Å²) in [6, 6.07) is 4.20. The Balaban J connectivity index is 1.65. The van der Waals surface area contributed by atoms with E-state index in [1.54, 1.807) is 6.26 Å². The van der Waals surface area contributed by atoms with Gasteiger partial charge in [-0.2, -0.15) is 0 Å². The molecule has 1 unspecified atom stereocenters. The highest BCUT2D eigenvalue weighted by Crippen LogP contribution is 2.29. The molecule has 1 saturated heterocycles. The fourth-order valence-corrected chi connectivity index (χ4v) is 2.81. The van der Waals surface area contributed by atoms with Crippen LogP contribution in [0.15, 0.2) is 22.8 Å². The molecule has 5 nitrogen and oxygen atoms in total. The fourth-order valence-electron chi connectivity index (χ4n) is 2.81. The molecule has 0 radical (unpaired) electrons. The summed E-state index contributed by atoms with van der Waals surface area (Å²) in [4.78, 5) is 17.1. The van der Waals surface area contributed by atoms with Crippen LogP contribution in [-0.2, 0) is 11.3 Å². The van der Waals surface area contributed by atoms with E-state index in [9.17, 15) is 4.79 Å². The third kappa shape index (κ3) is 3.04. The molecule has 1 N–H and O–H groups in total. The van der Waals surface area contributed by atoms with Gasteiger partial charge in [-0.1, -0.05) is 0 Å². The van der Waals surface area contributed by atoms with E-state index in [0.717, 1.165) is 44.8 Å². The standard InChI is InChI=1S/C15H23N3O2/c1-12(17-8-6-16-7-9-17)15(19)18(13-4-5-13)11-14-3-2-10-20-14/h2-3,10,12-13,16H,4-9,11H2,1H3. The molecule has 1 amide bonds. The molecule has 110 valence electrons. The number of hydrogen-bond donors (Lipinski definition) is 1. The summed E-state index contributed by atoms with van der Waals surface area (Å²) in [6.07, 6.45) is 3.92. The quantitative estimate of drug-likeness (QED) is 0.874. The van der Waals surface area contributed by atoms with Crippen LogP contribution in [0.4, 0.5) is 0 Å². The zero-order valence-corrected chi connectivity index (χ0v) is 12.0. The van der Waals surface area contributed by atoms with Crippen molar-refractivity contribution in [1.82, 2.24) is 15.1 Å². The van der Waals surface area contributed by atoms with Crippen molar-refractivity contribution >= 4 is 5.91 Å². The molecular formula is C15H23N3O2. The first kappa shape index (κ1) is 13.6. The molecule has 2 fully saturated rings. The Labute approximate surface area is 119 Å². The molecule has 1 aliphatic heterocycles. The molecule has 0 aromatic carbocycles. The van der Waals surface area contributed by atoms with Crippen LogP contribution in [0.5, 0.6) is 0 Å². The summed E-state index contributed by atoms with van der Waals surface area (Å²) in [6.45, 7) is 6.48. The van der Waals surface area contributed by atoms with Crippen LogP contribution in [0.2, 0.25) is 0 Å². The van der Waals surface area contributed by atoms with Gasteiger partial charge in [0.1, 0.15) is 5.76 Å². The lowest BCUT2D eigenvalue weighted by Gasteiger charge is -2.35. The second kappa shape index (κ2) is 5.97. The Morgan fingerprint density at radius 2 is 2.25 bits per heavy atom. The molecule has 0 bridgehead atoms. The molecule has 1 aromatic rings. The zero-order valence-electron chi connectivity index (χ0n) is 12.0. The van der Waals surface area contributed by atoms with E-state index in [4.69, 9.17) is 4.42 Å². The lowest BCUT2D eigenvalue weighted by atomic mass is 10.2. The van der Waals surface area contributed by atoms with Crippen LogP contribution in [0.3, 0.4) is 0 Å². The van der Waals surface area contributed by atoms with Gasteiger partial charge in [-0.15, -0.1) is 0 Å². The predicted molar refractivity (Wildman–Crippen MR) is 76.2 cm³/mol. The lowest BCUT2D eigenvalue weighted by Crippen LogP contribution is -2.53. The van der Waals surface area contributed by atoms with Crippen molar-refractivity contribution in [2.45, 2.75) is 38.4 Å². The van der Waals surface area contributed by atoms with Crippen LogP contribution in [0.25, 0.3) is 0 Å². The number of carbonyl (C=O) groups excluding carboxylic acids is 1. The minimum Gasteiger partial charge on any atom is -0.467 e. The molecule has 1 aromatic heterocycles. The number of amides is 1. The van der Waals surface area contributed by atoms with Gasteiger partial charge in [0.15, 0.2) is 0 Å². The molecule has 1 atom stereocenters. The van der Waals surface area contributed by atoms with E-state index in [1.165, 1.54) is 0 Å². The van der Waals surface area contributed by atoms with E-state index in [-0.39, 0.29) is 11.9 Å². The minimum absolute atomic E-state index is 0.0346. The second-order valence-electron chi connectivity index (χ2n) is 5.74. The maximum absolute atomic E-state index is 12.8. The third-order valence-electron chi connectivity index (χ3n) is 4.23. The Morgan fingerprint density at radius 1 is 1.50 bits per heavy atom. The first-order chi connectivity index (χ1) is 9.75. The number of furan rings is 1. The maximum atomic E-state index is 12.8. The van der Waals surface area contributed by atoms with Crippen LogP contribution in [0.1, 0.15) is 25.5 Å². The van der Waals surface area contributed by atoms with Gasteiger partial charge in [-0.25, -0.2) is 0 Å². The van der Waals surface area contributed by atoms with Crippen LogP contribution < -0.4 is 5.32 Å². The van der Waals surface area contributed by atoms with Gasteiger partial charge in [0.2, 0.25) is 5.91 Å². The highest BCUT2D eigenvalue weighted by atomic mass is 16.3. The summed E-state index contributed by atoms with van der Waals surface area (Å²) >= 11 is 0. The number of nitrogens with zero attached hydrogens (tertiary/aromatic N) is 2. The summed E-state index contributed by atoms with van der Waals surface area (Å²) in [5.41, 5.74) is 0. The van der Waals surface area contributed by atoms with Crippen molar-refractivity contribution in [2.75, 3.05) is 26.2 Å². The lowest BCUT2D eigenvalue weighted by molar-refractivity contribution is -0.138. The predicted octanol–water partition coefficient (Wildman–Crippen LogP) is 1.06. The zero-order chi connectivity index (χ0) is 13.9. The first-order valence-corrected chi connectivity index (χ1v) is 7.53. The summed E-state index contributed by atoms with van der Waals surface area (Å²) < 4.78 is 5.40. The van der Waals surface area contributed by atoms with Gasteiger partial charge in [0.25, 0.3) is 0 Å². The van der Waals surface area contributed by atoms with Gasteiger partial charge >= 0.3 is 0 Å². The molecule has 0 spiro atoms. The molecule has 2 aliphatic rings. The van der Waals surface area contributed by atoms with Crippen LogP contribution in [0, 0.1) is 0 Å². The van der Waals surface area contributed by atoms with E-state index in [2.05, 4.69) is 10.2 Å². The van der Waals surface area contributed by atoms with E-state index in [0.29, 0.717) is 12.6 Å². The molecule has 2 heterocycles. The fraction of sp³-hybridized carbons (Fsp3) is 0.667. The monoisotopic (exact) mass is 277 g/mol. The smallest absolute Gasteiger partial charge is 0.240 e. The summed E-state index contributed by atoms with van der Waals surface area (Å²) in [5, 5.41) is 3.33. The van der Waals surface area contributed by atoms with Gasteiger partial charge in [-0.05, 0) is 31.9 Å². The highest BCUT2D eigenvalue weighted by molar-refractivity contribution is 5.82. The number of hydrogen-bond acceptors (Lipinski definition) is 4. The third-order valence-corrected chi connectivity index (χ3v) is 4.23. The molecule has 5 heteroatoms. The van der Waals surface area contributed by atoms with E-state index < -0.39 is 0 Å². The topological polar surface area (TPSA) is 48.7 Å². The first-order valence-electron chi connectivity index (χ1n) is 7.53. The van der Waals surface area contributed by atoms with Gasteiger partial charge in [0, 0.05) is 32.2 Å². The van der Waals surface area contributed by atoms with Crippen LogP contribution >= 0.6 is 0 Å². The number of piperazine rings is 1. The Kier molecular flexibility index (Phi) is 4.08. The maximum Gasteiger partial charge on any atom is 0.240 e. The van der Waals surface area contributed by atoms with Crippen molar-refractivity contribution in [3.63, 3.8) is 0 Å². The van der Waals surface area contributed by atoms with Crippen molar-refractivity contribution in [3.05, 3.63) is 24.2 Å². The van der Waals surface area contributed by atoms with Crippen molar-refractivity contribution in [1.29, 1.82) is 0 Å². The molecule has 1 aliphatic carbocycles. The van der Waals surface area contributed by atoms with Gasteiger partial charge in [-0.3, -0.25) is 9.69 Å². The number of carbonyl (C=O) groups is 1.